The molecule has 1 unspecified atom stereocenters. The first kappa shape index (κ1) is 19.5. The third-order valence-corrected chi connectivity index (χ3v) is 6.71. The van der Waals surface area contributed by atoms with Crippen LogP contribution >= 0.6 is 0 Å². The lowest BCUT2D eigenvalue weighted by Gasteiger charge is -2.31. The maximum atomic E-state index is 12.8. The topological polar surface area (TPSA) is 38.1 Å². The zero-order valence-corrected chi connectivity index (χ0v) is 17.4. The number of aryl methyl sites for hydroxylation is 1. The van der Waals surface area contributed by atoms with Crippen LogP contribution in [0.25, 0.3) is 11.0 Å². The van der Waals surface area contributed by atoms with Crippen molar-refractivity contribution in [1.82, 2.24) is 14.5 Å². The Morgan fingerprint density at radius 2 is 1.82 bits per heavy atom. The maximum Gasteiger partial charge on any atom is 0.223 e. The van der Waals surface area contributed by atoms with E-state index in [1.54, 1.807) is 0 Å². The number of imidazole rings is 1. The van der Waals surface area contributed by atoms with Gasteiger partial charge in [-0.2, -0.15) is 0 Å². The second kappa shape index (κ2) is 9.11. The van der Waals surface area contributed by atoms with Crippen LogP contribution in [0.1, 0.15) is 89.3 Å². The van der Waals surface area contributed by atoms with Crippen molar-refractivity contribution >= 4 is 16.9 Å². The van der Waals surface area contributed by atoms with Crippen molar-refractivity contribution in [3.8, 4) is 0 Å². The first-order valence-electron chi connectivity index (χ1n) is 11.5. The minimum atomic E-state index is 0.248. The van der Waals surface area contributed by atoms with Gasteiger partial charge in [0.2, 0.25) is 5.91 Å². The molecule has 1 amide bonds. The van der Waals surface area contributed by atoms with Gasteiger partial charge in [-0.1, -0.05) is 64.0 Å². The van der Waals surface area contributed by atoms with Crippen LogP contribution in [0.5, 0.6) is 0 Å². The van der Waals surface area contributed by atoms with Gasteiger partial charge in [0.15, 0.2) is 0 Å². The van der Waals surface area contributed by atoms with E-state index in [4.69, 9.17) is 4.98 Å². The molecule has 0 radical (unpaired) electrons. The molecule has 0 spiro atoms. The highest BCUT2D eigenvalue weighted by Gasteiger charge is 2.37. The third kappa shape index (κ3) is 4.11. The van der Waals surface area contributed by atoms with Gasteiger partial charge in [-0.15, -0.1) is 0 Å². The molecule has 2 heterocycles. The third-order valence-electron chi connectivity index (χ3n) is 6.71. The van der Waals surface area contributed by atoms with Crippen molar-refractivity contribution in [1.29, 1.82) is 0 Å². The molecule has 2 aromatic rings. The summed E-state index contributed by atoms with van der Waals surface area (Å²) in [4.78, 5) is 20.0. The lowest BCUT2D eigenvalue weighted by atomic mass is 9.94. The zero-order valence-electron chi connectivity index (χ0n) is 17.4. The van der Waals surface area contributed by atoms with E-state index in [0.29, 0.717) is 18.4 Å². The van der Waals surface area contributed by atoms with Crippen LogP contribution in [-0.2, 0) is 11.3 Å². The fourth-order valence-corrected chi connectivity index (χ4v) is 5.16. The van der Waals surface area contributed by atoms with Crippen molar-refractivity contribution < 1.29 is 4.79 Å². The van der Waals surface area contributed by atoms with Gasteiger partial charge in [0.1, 0.15) is 5.82 Å². The average molecular weight is 382 g/mol. The van der Waals surface area contributed by atoms with Crippen molar-refractivity contribution in [2.24, 2.45) is 0 Å². The van der Waals surface area contributed by atoms with Crippen molar-refractivity contribution in [3.05, 3.63) is 30.1 Å². The molecule has 1 saturated carbocycles. The number of para-hydroxylation sites is 2. The van der Waals surface area contributed by atoms with Crippen LogP contribution in [0.15, 0.2) is 24.3 Å². The van der Waals surface area contributed by atoms with E-state index in [-0.39, 0.29) is 5.92 Å². The Hall–Kier alpha value is -1.84. The molecule has 4 heteroatoms. The molecule has 4 rings (SSSR count). The van der Waals surface area contributed by atoms with E-state index in [2.05, 4.69) is 40.7 Å². The number of nitrogens with zero attached hydrogens (tertiary/aromatic N) is 3. The van der Waals surface area contributed by atoms with Crippen LogP contribution in [0.4, 0.5) is 0 Å². The molecule has 1 aliphatic heterocycles. The van der Waals surface area contributed by atoms with Crippen LogP contribution in [0, 0.1) is 0 Å². The van der Waals surface area contributed by atoms with Gasteiger partial charge in [-0.3, -0.25) is 4.79 Å². The zero-order chi connectivity index (χ0) is 19.3. The molecule has 1 saturated heterocycles. The van der Waals surface area contributed by atoms with E-state index < -0.39 is 0 Å². The molecule has 0 N–H and O–H groups in total. The number of unbranched alkanes of at least 4 members (excludes halogenated alkanes) is 4. The summed E-state index contributed by atoms with van der Waals surface area (Å²) in [5, 5.41) is 0. The highest BCUT2D eigenvalue weighted by Crippen LogP contribution is 2.34. The Labute approximate surface area is 169 Å². The number of aromatic nitrogens is 2. The van der Waals surface area contributed by atoms with Crippen LogP contribution in [0.3, 0.4) is 0 Å². The fourth-order valence-electron chi connectivity index (χ4n) is 5.16. The highest BCUT2D eigenvalue weighted by atomic mass is 16.2. The SMILES string of the molecule is CCCCCCCn1c(C2CC(=O)N(C3CCCCC3)C2)nc2ccccc21. The lowest BCUT2D eigenvalue weighted by Crippen LogP contribution is -2.37. The first-order valence-corrected chi connectivity index (χ1v) is 11.5. The monoisotopic (exact) mass is 381 g/mol. The van der Waals surface area contributed by atoms with E-state index in [0.717, 1.165) is 24.4 Å². The fraction of sp³-hybridized carbons (Fsp3) is 0.667. The molecular weight excluding hydrogens is 346 g/mol. The molecule has 28 heavy (non-hydrogen) atoms. The number of benzene rings is 1. The highest BCUT2D eigenvalue weighted by molar-refractivity contribution is 5.81. The molecule has 4 nitrogen and oxygen atoms in total. The number of likely N-dealkylation sites (tertiary alicyclic amines) is 1. The number of fused-ring (bicyclic) bond motifs is 1. The quantitative estimate of drug-likeness (QED) is 0.554. The Morgan fingerprint density at radius 3 is 2.64 bits per heavy atom. The van der Waals surface area contributed by atoms with Gasteiger partial charge < -0.3 is 9.47 Å². The molecule has 152 valence electrons. The predicted octanol–water partition coefficient (Wildman–Crippen LogP) is 5.66. The van der Waals surface area contributed by atoms with Gasteiger partial charge in [0, 0.05) is 31.5 Å². The lowest BCUT2D eigenvalue weighted by molar-refractivity contribution is -0.130. The van der Waals surface area contributed by atoms with E-state index in [9.17, 15) is 4.79 Å². The van der Waals surface area contributed by atoms with Crippen LogP contribution in [0.2, 0.25) is 0 Å². The predicted molar refractivity (Wildman–Crippen MR) is 114 cm³/mol. The van der Waals surface area contributed by atoms with Gasteiger partial charge in [-0.05, 0) is 31.4 Å². The summed E-state index contributed by atoms with van der Waals surface area (Å²) in [6.45, 7) is 4.15. The number of carbonyl (C=O) groups excluding carboxylic acids is 1. The summed E-state index contributed by atoms with van der Waals surface area (Å²) in [7, 11) is 0. The largest absolute Gasteiger partial charge is 0.339 e. The average Bonchev–Trinajstić information content (AvgIpc) is 3.29. The molecule has 1 atom stereocenters. The smallest absolute Gasteiger partial charge is 0.223 e. The van der Waals surface area contributed by atoms with E-state index in [1.807, 2.05) is 0 Å². The molecule has 2 fully saturated rings. The molecule has 0 bridgehead atoms. The number of amides is 1. The Kier molecular flexibility index (Phi) is 6.33. The van der Waals surface area contributed by atoms with Gasteiger partial charge in [0.05, 0.1) is 11.0 Å². The molecular formula is C24H35N3O. The van der Waals surface area contributed by atoms with E-state index in [1.165, 1.54) is 69.7 Å². The number of rotatable bonds is 8. The second-order valence-corrected chi connectivity index (χ2v) is 8.76. The van der Waals surface area contributed by atoms with Crippen LogP contribution in [-0.4, -0.2) is 32.9 Å². The number of hydrogen-bond acceptors (Lipinski definition) is 2. The number of carbonyl (C=O) groups is 1. The summed E-state index contributed by atoms with van der Waals surface area (Å²) >= 11 is 0. The molecule has 1 aliphatic carbocycles. The minimum Gasteiger partial charge on any atom is -0.339 e. The first-order chi connectivity index (χ1) is 13.8. The Morgan fingerprint density at radius 1 is 1.04 bits per heavy atom. The Balaban J connectivity index is 1.52. The van der Waals surface area contributed by atoms with E-state index >= 15 is 0 Å². The molecule has 2 aliphatic rings. The molecule has 1 aromatic heterocycles. The van der Waals surface area contributed by atoms with Crippen molar-refractivity contribution in [3.63, 3.8) is 0 Å². The Bertz CT molecular complexity index is 790. The normalized spacial score (nSPS) is 21.1. The summed E-state index contributed by atoms with van der Waals surface area (Å²) < 4.78 is 2.42. The number of hydrogen-bond donors (Lipinski definition) is 0. The van der Waals surface area contributed by atoms with Crippen molar-refractivity contribution in [2.45, 2.75) is 96.1 Å². The second-order valence-electron chi connectivity index (χ2n) is 8.76. The van der Waals surface area contributed by atoms with Gasteiger partial charge in [-0.25, -0.2) is 4.98 Å². The van der Waals surface area contributed by atoms with Gasteiger partial charge >= 0.3 is 0 Å². The standard InChI is InChI=1S/C24H35N3O/c1-2-3-4-5-11-16-26-22-15-10-9-14-21(22)25-24(26)19-17-23(28)27(18-19)20-12-7-6-8-13-20/h9-10,14-15,19-20H,2-8,11-13,16-18H2,1H3. The summed E-state index contributed by atoms with van der Waals surface area (Å²) in [5.74, 6) is 1.74. The summed E-state index contributed by atoms with van der Waals surface area (Å²) in [6.07, 6.45) is 13.3. The molecule has 1 aromatic carbocycles. The summed E-state index contributed by atoms with van der Waals surface area (Å²) in [6, 6.07) is 8.95. The maximum absolute atomic E-state index is 12.8. The van der Waals surface area contributed by atoms with Crippen LogP contribution < -0.4 is 0 Å². The minimum absolute atomic E-state index is 0.248. The summed E-state index contributed by atoms with van der Waals surface area (Å²) in [5.41, 5.74) is 2.31. The van der Waals surface area contributed by atoms with Crippen molar-refractivity contribution in [2.75, 3.05) is 6.54 Å². The van der Waals surface area contributed by atoms with Gasteiger partial charge in [0.25, 0.3) is 0 Å².